The quantitative estimate of drug-likeness (QED) is 0.176. The van der Waals surface area contributed by atoms with Gasteiger partial charge in [-0.05, 0) is 85.7 Å². The average Bonchev–Trinajstić information content (AvgIpc) is 3.24. The van der Waals surface area contributed by atoms with E-state index in [2.05, 4.69) is 22.5 Å². The smallest absolute Gasteiger partial charge is 0.257 e. The molecule has 3 N–H and O–H groups in total. The maximum Gasteiger partial charge on any atom is 0.257 e. The maximum atomic E-state index is 12.5. The summed E-state index contributed by atoms with van der Waals surface area (Å²) in [4.78, 5) is 17.0. The molecule has 0 bridgehead atoms. The molecule has 0 aliphatic rings. The summed E-state index contributed by atoms with van der Waals surface area (Å²) in [5.74, 6) is 0.686. The molecule has 0 saturated carbocycles. The Morgan fingerprint density at radius 3 is 2.68 bits per heavy atom. The number of phenols is 1. The van der Waals surface area contributed by atoms with Crippen molar-refractivity contribution in [1.82, 2.24) is 10.3 Å². The molecule has 1 heterocycles. The first-order chi connectivity index (χ1) is 16.4. The number of carbonyl (C=O) groups excluding carboxylic acids is 1. The Kier molecular flexibility index (Phi) is 7.08. The zero-order valence-corrected chi connectivity index (χ0v) is 19.7. The number of rotatable bonds is 7. The number of carbonyl (C=O) groups is 1. The summed E-state index contributed by atoms with van der Waals surface area (Å²) < 4.78 is 11.4. The first-order valence-corrected chi connectivity index (χ1v) is 11.4. The molecule has 0 unspecified atom stereocenters. The van der Waals surface area contributed by atoms with Crippen molar-refractivity contribution in [3.8, 4) is 23.0 Å². The van der Waals surface area contributed by atoms with Crippen LogP contribution in [0.4, 0.5) is 5.69 Å². The summed E-state index contributed by atoms with van der Waals surface area (Å²) in [7, 11) is 0. The van der Waals surface area contributed by atoms with Gasteiger partial charge in [0, 0.05) is 11.3 Å². The van der Waals surface area contributed by atoms with E-state index in [1.54, 1.807) is 36.4 Å². The number of aromatic nitrogens is 1. The molecule has 174 valence electrons. The first-order valence-electron chi connectivity index (χ1n) is 11.0. The molecule has 0 aliphatic heterocycles. The Morgan fingerprint density at radius 2 is 1.91 bits per heavy atom. The normalized spacial score (nSPS) is 10.8. The number of aryl methyl sites for hydroxylation is 1. The SMILES string of the molecule is CCCCOc1ccc(C(=O)NC(=S)Nc2ccc(O)c(-c3nc4ccc(C)cc4o3)c2)cc1. The van der Waals surface area contributed by atoms with Crippen LogP contribution in [-0.4, -0.2) is 27.7 Å². The number of oxazole rings is 1. The monoisotopic (exact) mass is 475 g/mol. The zero-order valence-electron chi connectivity index (χ0n) is 18.9. The van der Waals surface area contributed by atoms with Crippen LogP contribution in [0.25, 0.3) is 22.6 Å². The van der Waals surface area contributed by atoms with Crippen molar-refractivity contribution < 1.29 is 19.1 Å². The summed E-state index contributed by atoms with van der Waals surface area (Å²) in [6.07, 6.45) is 2.04. The van der Waals surface area contributed by atoms with Crippen molar-refractivity contribution in [1.29, 1.82) is 0 Å². The number of unbranched alkanes of at least 4 members (excludes halogenated alkanes) is 1. The minimum Gasteiger partial charge on any atom is -0.507 e. The number of hydrogen-bond acceptors (Lipinski definition) is 6. The van der Waals surface area contributed by atoms with Crippen LogP contribution in [0.5, 0.6) is 11.5 Å². The second-order valence-electron chi connectivity index (χ2n) is 7.86. The summed E-state index contributed by atoms with van der Waals surface area (Å²) in [6, 6.07) is 17.4. The average molecular weight is 476 g/mol. The van der Waals surface area contributed by atoms with Gasteiger partial charge in [-0.1, -0.05) is 19.4 Å². The minimum atomic E-state index is -0.342. The highest BCUT2D eigenvalue weighted by atomic mass is 32.1. The molecule has 7 nitrogen and oxygen atoms in total. The molecule has 34 heavy (non-hydrogen) atoms. The van der Waals surface area contributed by atoms with Crippen LogP contribution in [0.15, 0.2) is 65.1 Å². The zero-order chi connectivity index (χ0) is 24.1. The van der Waals surface area contributed by atoms with Crippen molar-refractivity contribution in [2.24, 2.45) is 0 Å². The van der Waals surface area contributed by atoms with Gasteiger partial charge in [0.15, 0.2) is 10.7 Å². The van der Waals surface area contributed by atoms with Gasteiger partial charge in [0.05, 0.1) is 12.2 Å². The van der Waals surface area contributed by atoms with Crippen LogP contribution >= 0.6 is 12.2 Å². The number of nitrogens with one attached hydrogen (secondary N) is 2. The van der Waals surface area contributed by atoms with Gasteiger partial charge in [0.1, 0.15) is 17.0 Å². The predicted molar refractivity (Wildman–Crippen MR) is 136 cm³/mol. The van der Waals surface area contributed by atoms with Gasteiger partial charge < -0.3 is 19.6 Å². The number of anilines is 1. The standard InChI is InChI=1S/C26H25N3O4S/c1-3-4-13-32-19-9-6-17(7-10-19)24(31)29-26(34)27-18-8-12-22(30)20(15-18)25-28-21-11-5-16(2)14-23(21)33-25/h5-12,14-15,30H,3-4,13H2,1-2H3,(H2,27,29,31,34). The number of nitrogens with zero attached hydrogens (tertiary/aromatic N) is 1. The molecule has 0 fully saturated rings. The highest BCUT2D eigenvalue weighted by Crippen LogP contribution is 2.33. The van der Waals surface area contributed by atoms with Gasteiger partial charge in [-0.3, -0.25) is 10.1 Å². The second kappa shape index (κ2) is 10.4. The molecule has 0 atom stereocenters. The van der Waals surface area contributed by atoms with Crippen molar-refractivity contribution in [3.63, 3.8) is 0 Å². The Hall–Kier alpha value is -3.91. The fourth-order valence-electron chi connectivity index (χ4n) is 3.31. The van der Waals surface area contributed by atoms with Crippen LogP contribution in [0.1, 0.15) is 35.7 Å². The third kappa shape index (κ3) is 5.52. The molecule has 4 aromatic rings. The van der Waals surface area contributed by atoms with Crippen molar-refractivity contribution in [3.05, 3.63) is 71.8 Å². The predicted octanol–water partition coefficient (Wildman–Crippen LogP) is 5.81. The molecule has 0 aliphatic carbocycles. The van der Waals surface area contributed by atoms with Crippen molar-refractivity contribution >= 4 is 40.0 Å². The largest absolute Gasteiger partial charge is 0.507 e. The number of fused-ring (bicyclic) bond motifs is 1. The number of amides is 1. The number of hydrogen-bond donors (Lipinski definition) is 3. The van der Waals surface area contributed by atoms with E-state index in [9.17, 15) is 9.90 Å². The topological polar surface area (TPSA) is 96.6 Å². The Balaban J connectivity index is 1.42. The lowest BCUT2D eigenvalue weighted by atomic mass is 10.1. The lowest BCUT2D eigenvalue weighted by Gasteiger charge is -2.11. The third-order valence-electron chi connectivity index (χ3n) is 5.14. The number of benzene rings is 3. The summed E-state index contributed by atoms with van der Waals surface area (Å²) in [6.45, 7) is 4.71. The fourth-order valence-corrected chi connectivity index (χ4v) is 3.52. The highest BCUT2D eigenvalue weighted by molar-refractivity contribution is 7.80. The van der Waals surface area contributed by atoms with E-state index >= 15 is 0 Å². The molecular formula is C26H25N3O4S. The Labute approximate surface area is 202 Å². The molecular weight excluding hydrogens is 450 g/mol. The molecule has 0 spiro atoms. The summed E-state index contributed by atoms with van der Waals surface area (Å²) in [5.41, 5.74) is 3.82. The second-order valence-corrected chi connectivity index (χ2v) is 8.27. The molecule has 0 radical (unpaired) electrons. The van der Waals surface area contributed by atoms with Gasteiger partial charge in [0.25, 0.3) is 5.91 Å². The van der Waals surface area contributed by atoms with Gasteiger partial charge >= 0.3 is 0 Å². The fraction of sp³-hybridized carbons (Fsp3) is 0.192. The van der Waals surface area contributed by atoms with E-state index in [0.29, 0.717) is 34.5 Å². The number of aromatic hydroxyl groups is 1. The lowest BCUT2D eigenvalue weighted by Crippen LogP contribution is -2.34. The van der Waals surface area contributed by atoms with Crippen LogP contribution < -0.4 is 15.4 Å². The Bertz CT molecular complexity index is 1330. The van der Waals surface area contributed by atoms with E-state index in [0.717, 1.165) is 24.2 Å². The molecule has 1 amide bonds. The highest BCUT2D eigenvalue weighted by Gasteiger charge is 2.14. The van der Waals surface area contributed by atoms with Crippen LogP contribution in [0.3, 0.4) is 0 Å². The summed E-state index contributed by atoms with van der Waals surface area (Å²) >= 11 is 5.30. The number of ether oxygens (including phenoxy) is 1. The molecule has 1 aromatic heterocycles. The third-order valence-corrected chi connectivity index (χ3v) is 5.34. The molecule has 0 saturated heterocycles. The van der Waals surface area contributed by atoms with Crippen LogP contribution in [-0.2, 0) is 0 Å². The number of phenolic OH excluding ortho intramolecular Hbond substituents is 1. The Morgan fingerprint density at radius 1 is 1.12 bits per heavy atom. The lowest BCUT2D eigenvalue weighted by molar-refractivity contribution is 0.0977. The van der Waals surface area contributed by atoms with E-state index < -0.39 is 0 Å². The van der Waals surface area contributed by atoms with E-state index in [4.69, 9.17) is 21.4 Å². The first kappa shape index (κ1) is 23.3. The van der Waals surface area contributed by atoms with E-state index in [1.165, 1.54) is 6.07 Å². The number of thiocarbonyl (C=S) groups is 1. The molecule has 4 rings (SSSR count). The van der Waals surface area contributed by atoms with E-state index in [1.807, 2.05) is 25.1 Å². The van der Waals surface area contributed by atoms with Crippen molar-refractivity contribution in [2.75, 3.05) is 11.9 Å². The van der Waals surface area contributed by atoms with E-state index in [-0.39, 0.29) is 22.7 Å². The molecule has 8 heteroatoms. The van der Waals surface area contributed by atoms with Gasteiger partial charge in [0.2, 0.25) is 5.89 Å². The van der Waals surface area contributed by atoms with Gasteiger partial charge in [-0.2, -0.15) is 0 Å². The maximum absolute atomic E-state index is 12.5. The van der Waals surface area contributed by atoms with Crippen LogP contribution in [0.2, 0.25) is 0 Å². The van der Waals surface area contributed by atoms with Crippen LogP contribution in [0, 0.1) is 6.92 Å². The summed E-state index contributed by atoms with van der Waals surface area (Å²) in [5, 5.41) is 16.1. The molecule has 3 aromatic carbocycles. The minimum absolute atomic E-state index is 0.0185. The van der Waals surface area contributed by atoms with Gasteiger partial charge in [-0.25, -0.2) is 4.98 Å². The van der Waals surface area contributed by atoms with Gasteiger partial charge in [-0.15, -0.1) is 0 Å². The van der Waals surface area contributed by atoms with Crippen molar-refractivity contribution in [2.45, 2.75) is 26.7 Å².